The minimum atomic E-state index is -0.649. The average molecular weight is 697 g/mol. The molecule has 0 bridgehead atoms. The molecule has 1 atom stereocenters. The molecule has 0 unspecified atom stereocenters. The van der Waals surface area contributed by atoms with E-state index in [1.165, 1.54) is 11.3 Å². The molecule has 2 aromatic carbocycles. The van der Waals surface area contributed by atoms with E-state index in [4.69, 9.17) is 9.47 Å². The number of rotatable bonds is 7. The standard InChI is InChI=1S/C26H21Br3N2O4S/c1-4-10-35-23-18(28)11-15(12-19(23)29)13-20-24(32)31-22(16-6-8-17(27)9-7-16)21(25(33)34-5-2)14(3)30-26(31)36-20/h4,6-9,11-13,22H,1,5,10H2,2-3H3/b20-13-/t22-/m1/s1. The second-order valence-corrected chi connectivity index (χ2v) is 11.4. The van der Waals surface area contributed by atoms with Crippen molar-refractivity contribution >= 4 is 71.2 Å². The average Bonchev–Trinajstić information content (AvgIpc) is 3.12. The molecule has 0 amide bonds. The Morgan fingerprint density at radius 3 is 2.47 bits per heavy atom. The lowest BCUT2D eigenvalue weighted by Crippen LogP contribution is -2.39. The predicted octanol–water partition coefficient (Wildman–Crippen LogP) is 5.65. The first-order chi connectivity index (χ1) is 17.2. The third kappa shape index (κ3) is 5.37. The molecule has 0 spiro atoms. The van der Waals surface area contributed by atoms with Crippen molar-refractivity contribution < 1.29 is 14.3 Å². The van der Waals surface area contributed by atoms with Crippen molar-refractivity contribution in [3.63, 3.8) is 0 Å². The van der Waals surface area contributed by atoms with E-state index in [-0.39, 0.29) is 12.2 Å². The van der Waals surface area contributed by atoms with Gasteiger partial charge in [0, 0.05) is 4.47 Å². The summed E-state index contributed by atoms with van der Waals surface area (Å²) in [5.74, 6) is 0.169. The SMILES string of the molecule is C=CCOc1c(Br)cc(/C=c2\sc3n(c2=O)[C@H](c2ccc(Br)cc2)C(C(=O)OCC)=C(C)N=3)cc1Br. The van der Waals surface area contributed by atoms with Crippen molar-refractivity contribution in [1.82, 2.24) is 4.57 Å². The summed E-state index contributed by atoms with van der Waals surface area (Å²) in [6.07, 6.45) is 3.47. The van der Waals surface area contributed by atoms with Gasteiger partial charge in [-0.05, 0) is 87.2 Å². The van der Waals surface area contributed by atoms with Crippen LogP contribution in [0.2, 0.25) is 0 Å². The Balaban J connectivity index is 1.89. The van der Waals surface area contributed by atoms with Crippen LogP contribution in [0.15, 0.2) is 83.5 Å². The fourth-order valence-electron chi connectivity index (χ4n) is 3.85. The van der Waals surface area contributed by atoms with Gasteiger partial charge in [-0.2, -0.15) is 0 Å². The molecule has 0 saturated heterocycles. The summed E-state index contributed by atoms with van der Waals surface area (Å²) in [6, 6.07) is 10.7. The second kappa shape index (κ2) is 11.4. The van der Waals surface area contributed by atoms with Gasteiger partial charge in [0.2, 0.25) is 0 Å². The van der Waals surface area contributed by atoms with Gasteiger partial charge >= 0.3 is 5.97 Å². The Kier molecular flexibility index (Phi) is 8.49. The van der Waals surface area contributed by atoms with Crippen LogP contribution in [0.4, 0.5) is 0 Å². The zero-order valence-electron chi connectivity index (χ0n) is 19.4. The van der Waals surface area contributed by atoms with E-state index in [2.05, 4.69) is 59.4 Å². The van der Waals surface area contributed by atoms with Crippen molar-refractivity contribution in [1.29, 1.82) is 0 Å². The molecule has 0 N–H and O–H groups in total. The highest BCUT2D eigenvalue weighted by Crippen LogP contribution is 2.35. The van der Waals surface area contributed by atoms with Crippen LogP contribution >= 0.6 is 59.1 Å². The Bertz CT molecular complexity index is 1530. The van der Waals surface area contributed by atoms with E-state index in [0.717, 1.165) is 24.5 Å². The van der Waals surface area contributed by atoms with E-state index < -0.39 is 12.0 Å². The van der Waals surface area contributed by atoms with Crippen molar-refractivity contribution in [3.8, 4) is 5.75 Å². The summed E-state index contributed by atoms with van der Waals surface area (Å²) in [4.78, 5) is 31.8. The van der Waals surface area contributed by atoms with Gasteiger partial charge in [0.25, 0.3) is 5.56 Å². The molecule has 2 heterocycles. The Morgan fingerprint density at radius 1 is 1.19 bits per heavy atom. The van der Waals surface area contributed by atoms with E-state index in [9.17, 15) is 9.59 Å². The number of hydrogen-bond acceptors (Lipinski definition) is 6. The Hall–Kier alpha value is -2.27. The maximum atomic E-state index is 13.7. The monoisotopic (exact) mass is 694 g/mol. The van der Waals surface area contributed by atoms with E-state index in [1.807, 2.05) is 36.4 Å². The molecule has 3 aromatic rings. The topological polar surface area (TPSA) is 69.9 Å². The molecule has 10 heteroatoms. The highest BCUT2D eigenvalue weighted by molar-refractivity contribution is 9.11. The summed E-state index contributed by atoms with van der Waals surface area (Å²) in [7, 11) is 0. The number of ether oxygens (including phenoxy) is 2. The number of thiazole rings is 1. The van der Waals surface area contributed by atoms with Gasteiger partial charge in [-0.3, -0.25) is 9.36 Å². The van der Waals surface area contributed by atoms with Crippen LogP contribution in [-0.4, -0.2) is 23.8 Å². The molecule has 36 heavy (non-hydrogen) atoms. The lowest BCUT2D eigenvalue weighted by molar-refractivity contribution is -0.139. The smallest absolute Gasteiger partial charge is 0.338 e. The lowest BCUT2D eigenvalue weighted by atomic mass is 9.96. The van der Waals surface area contributed by atoms with Gasteiger partial charge in [-0.25, -0.2) is 9.79 Å². The third-order valence-electron chi connectivity index (χ3n) is 5.37. The zero-order chi connectivity index (χ0) is 26.0. The highest BCUT2D eigenvalue weighted by atomic mass is 79.9. The van der Waals surface area contributed by atoms with Crippen LogP contribution in [0.25, 0.3) is 6.08 Å². The summed E-state index contributed by atoms with van der Waals surface area (Å²) < 4.78 is 15.5. The fraction of sp³-hybridized carbons (Fsp3) is 0.192. The maximum Gasteiger partial charge on any atom is 0.338 e. The molecule has 0 fully saturated rings. The Morgan fingerprint density at radius 2 is 1.86 bits per heavy atom. The summed E-state index contributed by atoms with van der Waals surface area (Å²) in [5, 5.41) is 0. The molecular weight excluding hydrogens is 676 g/mol. The highest BCUT2D eigenvalue weighted by Gasteiger charge is 2.33. The zero-order valence-corrected chi connectivity index (χ0v) is 25.0. The van der Waals surface area contributed by atoms with Crippen LogP contribution in [-0.2, 0) is 9.53 Å². The first kappa shape index (κ1) is 26.8. The van der Waals surface area contributed by atoms with Gasteiger partial charge in [-0.15, -0.1) is 0 Å². The number of halogens is 3. The van der Waals surface area contributed by atoms with E-state index >= 15 is 0 Å². The quantitative estimate of drug-likeness (QED) is 0.237. The molecule has 4 rings (SSSR count). The number of esters is 1. The molecule has 0 radical (unpaired) electrons. The first-order valence-electron chi connectivity index (χ1n) is 10.9. The molecule has 1 aromatic heterocycles. The van der Waals surface area contributed by atoms with Crippen molar-refractivity contribution in [3.05, 3.63) is 105 Å². The molecule has 6 nitrogen and oxygen atoms in total. The summed E-state index contributed by atoms with van der Waals surface area (Å²) >= 11 is 11.8. The van der Waals surface area contributed by atoms with Gasteiger partial charge in [0.05, 0.1) is 37.4 Å². The summed E-state index contributed by atoms with van der Waals surface area (Å²) in [6.45, 7) is 7.79. The Labute approximate surface area is 237 Å². The van der Waals surface area contributed by atoms with Crippen molar-refractivity contribution in [2.45, 2.75) is 19.9 Å². The lowest BCUT2D eigenvalue weighted by Gasteiger charge is -2.24. The number of carbonyl (C=O) groups excluding carboxylic acids is 1. The second-order valence-electron chi connectivity index (χ2n) is 7.77. The molecule has 0 aliphatic carbocycles. The van der Waals surface area contributed by atoms with Crippen LogP contribution in [0, 0.1) is 0 Å². The number of allylic oxidation sites excluding steroid dienone is 1. The molecule has 186 valence electrons. The number of benzene rings is 2. The van der Waals surface area contributed by atoms with Crippen LogP contribution in [0.3, 0.4) is 0 Å². The van der Waals surface area contributed by atoms with Crippen molar-refractivity contribution in [2.75, 3.05) is 13.2 Å². The van der Waals surface area contributed by atoms with Crippen LogP contribution in [0.5, 0.6) is 5.75 Å². The molecule has 1 aliphatic rings. The van der Waals surface area contributed by atoms with Gasteiger partial charge in [0.15, 0.2) is 4.80 Å². The van der Waals surface area contributed by atoms with Gasteiger partial charge in [-0.1, -0.05) is 52.1 Å². The van der Waals surface area contributed by atoms with E-state index in [1.54, 1.807) is 30.6 Å². The maximum absolute atomic E-state index is 13.7. The molecule has 1 aliphatic heterocycles. The fourth-order valence-corrected chi connectivity index (χ4v) is 6.61. The number of fused-ring (bicyclic) bond motifs is 1. The number of hydrogen-bond donors (Lipinski definition) is 0. The van der Waals surface area contributed by atoms with Crippen LogP contribution in [0.1, 0.15) is 31.0 Å². The minimum absolute atomic E-state index is 0.226. The molecule has 0 saturated carbocycles. The van der Waals surface area contributed by atoms with E-state index in [0.29, 0.717) is 33.0 Å². The third-order valence-corrected chi connectivity index (χ3v) is 8.06. The number of carbonyl (C=O) groups is 1. The summed E-state index contributed by atoms with van der Waals surface area (Å²) in [5.41, 5.74) is 2.24. The predicted molar refractivity (Wildman–Crippen MR) is 152 cm³/mol. The van der Waals surface area contributed by atoms with Gasteiger partial charge in [0.1, 0.15) is 12.4 Å². The normalized spacial score (nSPS) is 15.4. The largest absolute Gasteiger partial charge is 0.487 e. The number of aromatic nitrogens is 1. The minimum Gasteiger partial charge on any atom is -0.487 e. The molecular formula is C26H21Br3N2O4S. The van der Waals surface area contributed by atoms with Crippen molar-refractivity contribution in [2.24, 2.45) is 4.99 Å². The number of nitrogens with zero attached hydrogens (tertiary/aromatic N) is 2. The van der Waals surface area contributed by atoms with Crippen LogP contribution < -0.4 is 19.6 Å². The van der Waals surface area contributed by atoms with Gasteiger partial charge < -0.3 is 9.47 Å². The first-order valence-corrected chi connectivity index (χ1v) is 14.1.